The smallest absolute Gasteiger partial charge is 0.322 e. The molecule has 0 heterocycles. The number of amides is 2. The topological polar surface area (TPSA) is 58.2 Å². The van der Waals surface area contributed by atoms with Gasteiger partial charge in [0, 0.05) is 14.9 Å². The molecule has 2 amide bonds. The van der Waals surface area contributed by atoms with Gasteiger partial charge in [-0.25, -0.2) is 0 Å². The summed E-state index contributed by atoms with van der Waals surface area (Å²) in [6.07, 6.45) is -4.95. The quantitative estimate of drug-likeness (QED) is 0.717. The van der Waals surface area contributed by atoms with E-state index in [1.165, 1.54) is 24.3 Å². The lowest BCUT2D eigenvalue weighted by Gasteiger charge is -2.10. The number of anilines is 2. The van der Waals surface area contributed by atoms with E-state index in [9.17, 15) is 22.8 Å². The molecule has 2 rings (SSSR count). The van der Waals surface area contributed by atoms with Gasteiger partial charge in [-0.3, -0.25) is 9.59 Å². The SMILES string of the molecule is O=C(Nc1ccc(NC(=O)C(F)(F)F)cc1)c1ccccc1I. The maximum atomic E-state index is 12.1. The van der Waals surface area contributed by atoms with Gasteiger partial charge < -0.3 is 10.6 Å². The zero-order chi connectivity index (χ0) is 17.0. The van der Waals surface area contributed by atoms with Gasteiger partial charge in [0.05, 0.1) is 5.56 Å². The number of carbonyl (C=O) groups excluding carboxylic acids is 2. The van der Waals surface area contributed by atoms with E-state index in [-0.39, 0.29) is 11.6 Å². The van der Waals surface area contributed by atoms with Crippen LogP contribution in [0.5, 0.6) is 0 Å². The Kier molecular flexibility index (Phi) is 5.24. The van der Waals surface area contributed by atoms with Gasteiger partial charge in [0.2, 0.25) is 0 Å². The first-order valence-corrected chi connectivity index (χ1v) is 7.39. The molecule has 0 aliphatic carbocycles. The fourth-order valence-corrected chi connectivity index (χ4v) is 2.31. The van der Waals surface area contributed by atoms with E-state index in [0.717, 1.165) is 3.57 Å². The number of hydrogen-bond donors (Lipinski definition) is 2. The predicted octanol–water partition coefficient (Wildman–Crippen LogP) is 4.04. The predicted molar refractivity (Wildman–Crippen MR) is 88.2 cm³/mol. The summed E-state index contributed by atoms with van der Waals surface area (Å²) in [5, 5.41) is 4.36. The largest absolute Gasteiger partial charge is 0.471 e. The van der Waals surface area contributed by atoms with E-state index in [4.69, 9.17) is 0 Å². The van der Waals surface area contributed by atoms with Gasteiger partial charge in [0.25, 0.3) is 5.91 Å². The third-order valence-electron chi connectivity index (χ3n) is 2.78. The van der Waals surface area contributed by atoms with Crippen molar-refractivity contribution in [3.05, 3.63) is 57.7 Å². The summed E-state index contributed by atoms with van der Waals surface area (Å²) in [5.41, 5.74) is 0.877. The highest BCUT2D eigenvalue weighted by molar-refractivity contribution is 14.1. The lowest BCUT2D eigenvalue weighted by molar-refractivity contribution is -0.167. The van der Waals surface area contributed by atoms with Crippen LogP contribution < -0.4 is 10.6 Å². The van der Waals surface area contributed by atoms with Gasteiger partial charge in [-0.05, 0) is 59.0 Å². The van der Waals surface area contributed by atoms with Crippen LogP contribution in [0.2, 0.25) is 0 Å². The van der Waals surface area contributed by atoms with Crippen LogP contribution in [0.15, 0.2) is 48.5 Å². The minimum atomic E-state index is -4.95. The summed E-state index contributed by atoms with van der Waals surface area (Å²) in [5.74, 6) is -2.38. The van der Waals surface area contributed by atoms with E-state index in [2.05, 4.69) is 5.32 Å². The minimum absolute atomic E-state index is 0.0142. The first-order valence-electron chi connectivity index (χ1n) is 6.31. The van der Waals surface area contributed by atoms with E-state index >= 15 is 0 Å². The average molecular weight is 434 g/mol. The van der Waals surface area contributed by atoms with Crippen molar-refractivity contribution >= 4 is 45.8 Å². The Balaban J connectivity index is 2.05. The number of carbonyl (C=O) groups is 2. The highest BCUT2D eigenvalue weighted by Gasteiger charge is 2.38. The number of nitrogens with one attached hydrogen (secondary N) is 2. The van der Waals surface area contributed by atoms with Gasteiger partial charge in [-0.1, -0.05) is 12.1 Å². The van der Waals surface area contributed by atoms with Crippen molar-refractivity contribution in [2.24, 2.45) is 0 Å². The van der Waals surface area contributed by atoms with Crippen LogP contribution in [0.1, 0.15) is 10.4 Å². The molecular weight excluding hydrogens is 424 g/mol. The molecule has 2 aromatic carbocycles. The summed E-state index contributed by atoms with van der Waals surface area (Å²) in [4.78, 5) is 22.9. The summed E-state index contributed by atoms with van der Waals surface area (Å²) in [6.45, 7) is 0. The molecule has 0 fully saturated rings. The normalized spacial score (nSPS) is 11.0. The van der Waals surface area contributed by atoms with E-state index in [0.29, 0.717) is 11.3 Å². The van der Waals surface area contributed by atoms with E-state index in [1.54, 1.807) is 29.6 Å². The van der Waals surface area contributed by atoms with Gasteiger partial charge in [-0.15, -0.1) is 0 Å². The Morgan fingerprint density at radius 3 is 1.91 bits per heavy atom. The Bertz CT molecular complexity index is 730. The maximum Gasteiger partial charge on any atom is 0.471 e. The van der Waals surface area contributed by atoms with Crippen molar-refractivity contribution in [2.75, 3.05) is 10.6 Å². The van der Waals surface area contributed by atoms with Gasteiger partial charge in [0.15, 0.2) is 0 Å². The Morgan fingerprint density at radius 2 is 1.39 bits per heavy atom. The highest BCUT2D eigenvalue weighted by atomic mass is 127. The molecule has 120 valence electrons. The fraction of sp³-hybridized carbons (Fsp3) is 0.0667. The molecule has 4 nitrogen and oxygen atoms in total. The molecule has 0 saturated carbocycles. The maximum absolute atomic E-state index is 12.1. The third kappa shape index (κ3) is 4.68. The monoisotopic (exact) mass is 434 g/mol. The zero-order valence-corrected chi connectivity index (χ0v) is 13.6. The van der Waals surface area contributed by atoms with Gasteiger partial charge in [-0.2, -0.15) is 13.2 Å². The van der Waals surface area contributed by atoms with Gasteiger partial charge in [0.1, 0.15) is 0 Å². The lowest BCUT2D eigenvalue weighted by atomic mass is 10.2. The molecule has 8 heteroatoms. The van der Waals surface area contributed by atoms with Crippen molar-refractivity contribution in [1.29, 1.82) is 0 Å². The lowest BCUT2D eigenvalue weighted by Crippen LogP contribution is -2.29. The Hall–Kier alpha value is -2.10. The second-order valence-electron chi connectivity index (χ2n) is 4.46. The van der Waals surface area contributed by atoms with Crippen molar-refractivity contribution < 1.29 is 22.8 Å². The third-order valence-corrected chi connectivity index (χ3v) is 3.72. The number of alkyl halides is 3. The molecule has 0 aliphatic rings. The van der Waals surface area contributed by atoms with Crippen LogP contribution in [0.3, 0.4) is 0 Å². The molecule has 0 aromatic heterocycles. The average Bonchev–Trinajstić information content (AvgIpc) is 2.48. The van der Waals surface area contributed by atoms with Crippen molar-refractivity contribution in [3.8, 4) is 0 Å². The van der Waals surface area contributed by atoms with Crippen LogP contribution >= 0.6 is 22.6 Å². The van der Waals surface area contributed by atoms with Crippen LogP contribution in [0.4, 0.5) is 24.5 Å². The first kappa shape index (κ1) is 17.3. The van der Waals surface area contributed by atoms with Gasteiger partial charge >= 0.3 is 12.1 Å². The number of halogens is 4. The number of hydrogen-bond acceptors (Lipinski definition) is 2. The van der Waals surface area contributed by atoms with E-state index in [1.807, 2.05) is 22.6 Å². The number of rotatable bonds is 3. The van der Waals surface area contributed by atoms with E-state index < -0.39 is 12.1 Å². The summed E-state index contributed by atoms with van der Waals surface area (Å²) in [6, 6.07) is 12.3. The van der Waals surface area contributed by atoms with Crippen LogP contribution in [0.25, 0.3) is 0 Å². The minimum Gasteiger partial charge on any atom is -0.322 e. The van der Waals surface area contributed by atoms with Crippen LogP contribution in [-0.4, -0.2) is 18.0 Å². The van der Waals surface area contributed by atoms with Crippen molar-refractivity contribution in [3.63, 3.8) is 0 Å². The van der Waals surface area contributed by atoms with Crippen molar-refractivity contribution in [1.82, 2.24) is 0 Å². The summed E-state index contributed by atoms with van der Waals surface area (Å²) in [7, 11) is 0. The Morgan fingerprint density at radius 1 is 0.870 bits per heavy atom. The molecule has 23 heavy (non-hydrogen) atoms. The molecule has 0 radical (unpaired) electrons. The molecule has 0 aliphatic heterocycles. The zero-order valence-electron chi connectivity index (χ0n) is 11.4. The second kappa shape index (κ2) is 6.99. The summed E-state index contributed by atoms with van der Waals surface area (Å²) < 4.78 is 37.2. The molecule has 0 unspecified atom stereocenters. The highest BCUT2D eigenvalue weighted by Crippen LogP contribution is 2.20. The molecule has 0 saturated heterocycles. The molecule has 0 bridgehead atoms. The first-order chi connectivity index (χ1) is 10.8. The summed E-state index contributed by atoms with van der Waals surface area (Å²) >= 11 is 2.03. The molecular formula is C15H10F3IN2O2. The van der Waals surface area contributed by atoms with Crippen molar-refractivity contribution in [2.45, 2.75) is 6.18 Å². The Labute approximate surface area is 143 Å². The molecule has 2 aromatic rings. The second-order valence-corrected chi connectivity index (χ2v) is 5.63. The van der Waals surface area contributed by atoms with Crippen LogP contribution in [0, 0.1) is 3.57 Å². The molecule has 2 N–H and O–H groups in total. The number of benzene rings is 2. The molecule has 0 atom stereocenters. The standard InChI is InChI=1S/C15H10F3IN2O2/c16-15(17,18)14(23)21-10-7-5-9(6-8-10)20-13(22)11-3-1-2-4-12(11)19/h1-8H,(H,20,22)(H,21,23). The fourth-order valence-electron chi connectivity index (χ4n) is 1.68. The van der Waals surface area contributed by atoms with Crippen LogP contribution in [-0.2, 0) is 4.79 Å². The molecule has 0 spiro atoms.